The zero-order valence-corrected chi connectivity index (χ0v) is 9.65. The van der Waals surface area contributed by atoms with E-state index < -0.39 is 5.38 Å². The van der Waals surface area contributed by atoms with Gasteiger partial charge >= 0.3 is 0 Å². The van der Waals surface area contributed by atoms with E-state index in [1.807, 2.05) is 30.3 Å². The Morgan fingerprint density at radius 1 is 1.50 bits per heavy atom. The van der Waals surface area contributed by atoms with Gasteiger partial charge in [-0.2, -0.15) is 5.26 Å². The van der Waals surface area contributed by atoms with Gasteiger partial charge in [0.2, 0.25) is 0 Å². The molecule has 84 valence electrons. The van der Waals surface area contributed by atoms with Crippen LogP contribution in [-0.2, 0) is 6.54 Å². The van der Waals surface area contributed by atoms with E-state index in [1.54, 1.807) is 0 Å². The second kappa shape index (κ2) is 5.20. The molecule has 4 heteroatoms. The maximum Gasteiger partial charge on any atom is 0.133 e. The molecule has 0 saturated carbocycles. The summed E-state index contributed by atoms with van der Waals surface area (Å²) in [7, 11) is 0. The number of alkyl halides is 1. The van der Waals surface area contributed by atoms with Gasteiger partial charge in [0.1, 0.15) is 17.7 Å². The molecule has 1 aliphatic rings. The van der Waals surface area contributed by atoms with E-state index in [4.69, 9.17) is 21.6 Å². The number of nitriles is 1. The smallest absolute Gasteiger partial charge is 0.133 e. The molecule has 16 heavy (non-hydrogen) atoms. The quantitative estimate of drug-likeness (QED) is 0.737. The average molecular weight is 237 g/mol. The fourth-order valence-corrected chi connectivity index (χ4v) is 2.00. The molecule has 0 fully saturated rings. The summed E-state index contributed by atoms with van der Waals surface area (Å²) in [5.41, 5.74) is 1.15. The first-order valence-corrected chi connectivity index (χ1v) is 5.70. The predicted molar refractivity (Wildman–Crippen MR) is 62.5 cm³/mol. The number of halogens is 1. The molecule has 1 aromatic rings. The molecule has 0 aromatic heterocycles. The molecule has 0 amide bonds. The lowest BCUT2D eigenvalue weighted by molar-refractivity contribution is 0.230. The Kier molecular flexibility index (Phi) is 3.66. The van der Waals surface area contributed by atoms with Crippen molar-refractivity contribution in [1.29, 1.82) is 5.26 Å². The van der Waals surface area contributed by atoms with Crippen LogP contribution in [0.25, 0.3) is 0 Å². The van der Waals surface area contributed by atoms with Crippen LogP contribution in [0.4, 0.5) is 0 Å². The predicted octanol–water partition coefficient (Wildman–Crippen LogP) is 2.01. The van der Waals surface area contributed by atoms with Gasteiger partial charge in [0.05, 0.1) is 6.07 Å². The van der Waals surface area contributed by atoms with Crippen molar-refractivity contribution in [2.75, 3.05) is 19.7 Å². The number of para-hydroxylation sites is 1. The third-order valence-corrected chi connectivity index (χ3v) is 2.83. The number of fused-ring (bicyclic) bond motifs is 1. The molecule has 0 radical (unpaired) electrons. The van der Waals surface area contributed by atoms with Crippen LogP contribution in [-0.4, -0.2) is 30.0 Å². The minimum absolute atomic E-state index is 0.453. The highest BCUT2D eigenvalue weighted by Gasteiger charge is 2.17. The van der Waals surface area contributed by atoms with Crippen LogP contribution in [0.1, 0.15) is 5.56 Å². The number of rotatable bonds is 2. The molecule has 1 aliphatic heterocycles. The van der Waals surface area contributed by atoms with Gasteiger partial charge in [-0.05, 0) is 6.07 Å². The summed E-state index contributed by atoms with van der Waals surface area (Å²) in [6, 6.07) is 10.0. The Bertz CT molecular complexity index is 402. The molecule has 2 rings (SSSR count). The van der Waals surface area contributed by atoms with Gasteiger partial charge in [0.15, 0.2) is 0 Å². The molecule has 0 bridgehead atoms. The van der Waals surface area contributed by atoms with Crippen LogP contribution in [0.15, 0.2) is 24.3 Å². The molecule has 0 spiro atoms. The molecular weight excluding hydrogens is 224 g/mol. The summed E-state index contributed by atoms with van der Waals surface area (Å²) in [4.78, 5) is 2.15. The Balaban J connectivity index is 2.08. The SMILES string of the molecule is N#CC(Cl)CN1CCOc2ccccc2C1. The van der Waals surface area contributed by atoms with Crippen molar-refractivity contribution >= 4 is 11.6 Å². The number of hydrogen-bond donors (Lipinski definition) is 0. The van der Waals surface area contributed by atoms with Crippen molar-refractivity contribution in [3.8, 4) is 11.8 Å². The van der Waals surface area contributed by atoms with E-state index in [2.05, 4.69) is 4.90 Å². The Morgan fingerprint density at radius 2 is 2.31 bits per heavy atom. The van der Waals surface area contributed by atoms with E-state index in [0.29, 0.717) is 13.2 Å². The number of hydrogen-bond acceptors (Lipinski definition) is 3. The summed E-state index contributed by atoms with van der Waals surface area (Å²) < 4.78 is 5.63. The molecule has 3 nitrogen and oxygen atoms in total. The zero-order valence-electron chi connectivity index (χ0n) is 8.90. The first-order valence-electron chi connectivity index (χ1n) is 5.26. The first kappa shape index (κ1) is 11.3. The Labute approximate surface area is 100 Å². The van der Waals surface area contributed by atoms with Gasteiger partial charge in [0.25, 0.3) is 0 Å². The Hall–Kier alpha value is -1.24. The van der Waals surface area contributed by atoms with Crippen molar-refractivity contribution in [3.05, 3.63) is 29.8 Å². The molecular formula is C12H13ClN2O. The summed E-state index contributed by atoms with van der Waals surface area (Å²) in [6.45, 7) is 2.82. The highest BCUT2D eigenvalue weighted by atomic mass is 35.5. The van der Waals surface area contributed by atoms with Crippen LogP contribution in [0.5, 0.6) is 5.75 Å². The zero-order chi connectivity index (χ0) is 11.4. The fourth-order valence-electron chi connectivity index (χ4n) is 1.80. The van der Waals surface area contributed by atoms with Crippen LogP contribution >= 0.6 is 11.6 Å². The summed E-state index contributed by atoms with van der Waals surface area (Å²) >= 11 is 5.84. The summed E-state index contributed by atoms with van der Waals surface area (Å²) in [5.74, 6) is 0.938. The van der Waals surface area contributed by atoms with Gasteiger partial charge in [-0.3, -0.25) is 4.90 Å². The molecule has 0 aliphatic carbocycles. The molecule has 1 atom stereocenters. The topological polar surface area (TPSA) is 36.3 Å². The van der Waals surface area contributed by atoms with Gasteiger partial charge in [-0.1, -0.05) is 18.2 Å². The van der Waals surface area contributed by atoms with Crippen LogP contribution < -0.4 is 4.74 Å². The summed E-state index contributed by atoms with van der Waals surface area (Å²) in [5, 5.41) is 8.24. The van der Waals surface area contributed by atoms with Crippen molar-refractivity contribution in [1.82, 2.24) is 4.90 Å². The highest BCUT2D eigenvalue weighted by Crippen LogP contribution is 2.22. The number of ether oxygens (including phenoxy) is 1. The second-order valence-electron chi connectivity index (χ2n) is 3.79. The van der Waals surface area contributed by atoms with Gasteiger partial charge < -0.3 is 4.74 Å². The van der Waals surface area contributed by atoms with E-state index in [1.165, 1.54) is 0 Å². The third-order valence-electron chi connectivity index (χ3n) is 2.59. The maximum absolute atomic E-state index is 8.69. The Morgan fingerprint density at radius 3 is 3.12 bits per heavy atom. The normalized spacial score (nSPS) is 17.8. The first-order chi connectivity index (χ1) is 7.79. The largest absolute Gasteiger partial charge is 0.492 e. The van der Waals surface area contributed by atoms with Crippen LogP contribution in [0.3, 0.4) is 0 Å². The van der Waals surface area contributed by atoms with Crippen molar-refractivity contribution in [2.45, 2.75) is 11.9 Å². The van der Waals surface area contributed by atoms with E-state index in [0.717, 1.165) is 24.4 Å². The molecule has 1 aromatic carbocycles. The number of nitrogens with zero attached hydrogens (tertiary/aromatic N) is 2. The fraction of sp³-hybridized carbons (Fsp3) is 0.417. The minimum Gasteiger partial charge on any atom is -0.492 e. The van der Waals surface area contributed by atoms with Gasteiger partial charge in [-0.25, -0.2) is 0 Å². The molecule has 0 saturated heterocycles. The van der Waals surface area contributed by atoms with E-state index >= 15 is 0 Å². The standard InChI is InChI=1S/C12H13ClN2O/c13-11(7-14)9-15-5-6-16-12-4-2-1-3-10(12)8-15/h1-4,11H,5-6,8-9H2. The monoisotopic (exact) mass is 236 g/mol. The lowest BCUT2D eigenvalue weighted by Crippen LogP contribution is -2.31. The lowest BCUT2D eigenvalue weighted by Gasteiger charge is -2.19. The third kappa shape index (κ3) is 2.66. The van der Waals surface area contributed by atoms with E-state index in [9.17, 15) is 0 Å². The summed E-state index contributed by atoms with van der Waals surface area (Å²) in [6.07, 6.45) is 0. The molecule has 1 heterocycles. The highest BCUT2D eigenvalue weighted by molar-refractivity contribution is 6.22. The van der Waals surface area contributed by atoms with Gasteiger partial charge in [0, 0.05) is 25.2 Å². The second-order valence-corrected chi connectivity index (χ2v) is 4.31. The van der Waals surface area contributed by atoms with Crippen LogP contribution in [0.2, 0.25) is 0 Å². The van der Waals surface area contributed by atoms with Crippen molar-refractivity contribution in [2.24, 2.45) is 0 Å². The maximum atomic E-state index is 8.69. The minimum atomic E-state index is -0.453. The molecule has 0 N–H and O–H groups in total. The van der Waals surface area contributed by atoms with Crippen LogP contribution in [0, 0.1) is 11.3 Å². The van der Waals surface area contributed by atoms with Gasteiger partial charge in [-0.15, -0.1) is 11.6 Å². The van der Waals surface area contributed by atoms with Crippen molar-refractivity contribution in [3.63, 3.8) is 0 Å². The molecule has 1 unspecified atom stereocenters. The average Bonchev–Trinajstić information content (AvgIpc) is 2.50. The lowest BCUT2D eigenvalue weighted by atomic mass is 10.2. The van der Waals surface area contributed by atoms with E-state index in [-0.39, 0.29) is 0 Å². The van der Waals surface area contributed by atoms with Crippen molar-refractivity contribution < 1.29 is 4.74 Å². The number of benzene rings is 1.